The van der Waals surface area contributed by atoms with E-state index in [1.54, 1.807) is 22.6 Å². The van der Waals surface area contributed by atoms with Crippen molar-refractivity contribution in [3.8, 4) is 0 Å². The van der Waals surface area contributed by atoms with Gasteiger partial charge in [-0.15, -0.1) is 5.10 Å². The van der Waals surface area contributed by atoms with Crippen LogP contribution >= 0.6 is 11.8 Å². The van der Waals surface area contributed by atoms with E-state index in [1.807, 2.05) is 7.05 Å². The van der Waals surface area contributed by atoms with Gasteiger partial charge in [-0.2, -0.15) is 5.10 Å². The van der Waals surface area contributed by atoms with E-state index in [9.17, 15) is 0 Å². The topological polar surface area (TPSA) is 125 Å². The maximum absolute atomic E-state index is 5.49. The Kier molecular flexibility index (Phi) is 3.20. The van der Waals surface area contributed by atoms with Crippen LogP contribution in [0, 0.1) is 0 Å². The Morgan fingerprint density at radius 1 is 1.30 bits per heavy atom. The summed E-state index contributed by atoms with van der Waals surface area (Å²) in [4.78, 5) is 8.83. The van der Waals surface area contributed by atoms with Crippen molar-refractivity contribution in [3.05, 3.63) is 12.0 Å². The first kappa shape index (κ1) is 12.7. The van der Waals surface area contributed by atoms with Crippen molar-refractivity contribution in [2.45, 2.75) is 10.9 Å². The van der Waals surface area contributed by atoms with Crippen molar-refractivity contribution in [2.75, 3.05) is 5.43 Å². The molecule has 3 N–H and O–H groups in total. The fraction of sp³-hybridized carbons (Fsp3) is 0.333. The predicted octanol–water partition coefficient (Wildman–Crippen LogP) is -0.535. The van der Waals surface area contributed by atoms with Gasteiger partial charge in [-0.25, -0.2) is 20.5 Å². The molecule has 0 aliphatic carbocycles. The Balaban J connectivity index is 1.91. The first-order chi connectivity index (χ1) is 9.69. The number of nitrogens with one attached hydrogen (secondary N) is 1. The molecule has 3 heterocycles. The molecule has 0 aromatic carbocycles. The molecule has 0 fully saturated rings. The molecule has 104 valence electrons. The van der Waals surface area contributed by atoms with Crippen LogP contribution in [-0.4, -0.2) is 40.0 Å². The number of thioether (sulfide) groups is 1. The molecular formula is C9H12N10S. The van der Waals surface area contributed by atoms with Crippen LogP contribution in [0.1, 0.15) is 5.82 Å². The molecule has 0 atom stereocenters. The van der Waals surface area contributed by atoms with Crippen LogP contribution in [0.15, 0.2) is 11.4 Å². The summed E-state index contributed by atoms with van der Waals surface area (Å²) in [5, 5.41) is 16.9. The number of aryl methyl sites for hydroxylation is 2. The second kappa shape index (κ2) is 5.02. The van der Waals surface area contributed by atoms with Gasteiger partial charge in [0.05, 0.1) is 17.3 Å². The summed E-state index contributed by atoms with van der Waals surface area (Å²) in [6.07, 6.45) is 1.67. The molecule has 0 bridgehead atoms. The predicted molar refractivity (Wildman–Crippen MR) is 72.5 cm³/mol. The van der Waals surface area contributed by atoms with Crippen molar-refractivity contribution < 1.29 is 0 Å². The lowest BCUT2D eigenvalue weighted by Crippen LogP contribution is -2.11. The van der Waals surface area contributed by atoms with Crippen LogP contribution in [-0.2, 0) is 19.8 Å². The third kappa shape index (κ3) is 2.16. The number of nitrogens with two attached hydrogens (primary N) is 1. The van der Waals surface area contributed by atoms with Crippen molar-refractivity contribution in [3.63, 3.8) is 0 Å². The van der Waals surface area contributed by atoms with Gasteiger partial charge in [0.2, 0.25) is 5.16 Å². The van der Waals surface area contributed by atoms with Crippen LogP contribution < -0.4 is 11.3 Å². The maximum atomic E-state index is 5.49. The highest BCUT2D eigenvalue weighted by Gasteiger charge is 2.12. The molecule has 0 unspecified atom stereocenters. The molecule has 3 rings (SSSR count). The van der Waals surface area contributed by atoms with Crippen LogP contribution in [0.3, 0.4) is 0 Å². The van der Waals surface area contributed by atoms with Crippen LogP contribution in [0.2, 0.25) is 0 Å². The van der Waals surface area contributed by atoms with E-state index in [-0.39, 0.29) is 0 Å². The van der Waals surface area contributed by atoms with Crippen molar-refractivity contribution in [1.82, 2.24) is 40.0 Å². The Morgan fingerprint density at radius 2 is 2.15 bits per heavy atom. The average molecular weight is 292 g/mol. The normalized spacial score (nSPS) is 11.2. The molecule has 0 radical (unpaired) electrons. The van der Waals surface area contributed by atoms with Gasteiger partial charge < -0.3 is 5.43 Å². The monoisotopic (exact) mass is 292 g/mol. The number of hydrogen-bond acceptors (Lipinski definition) is 9. The molecule has 11 heteroatoms. The number of rotatable bonds is 4. The van der Waals surface area contributed by atoms with Gasteiger partial charge in [0, 0.05) is 14.1 Å². The van der Waals surface area contributed by atoms with E-state index in [4.69, 9.17) is 5.84 Å². The standard InChI is InChI=1S/C9H12N10S/c1-18-8-5(3-11-18)7(14-10)12-6(13-8)4-20-9-15-16-17-19(9)2/h3H,4,10H2,1-2H3,(H,12,13,14). The van der Waals surface area contributed by atoms with E-state index in [2.05, 4.69) is 36.0 Å². The van der Waals surface area contributed by atoms with Crippen LogP contribution in [0.25, 0.3) is 11.0 Å². The quantitative estimate of drug-likeness (QED) is 0.370. The molecule has 10 nitrogen and oxygen atoms in total. The first-order valence-electron chi connectivity index (χ1n) is 5.69. The number of hydrazine groups is 1. The van der Waals surface area contributed by atoms with Gasteiger partial charge in [0.1, 0.15) is 5.82 Å². The van der Waals surface area contributed by atoms with Gasteiger partial charge in [0.25, 0.3) is 0 Å². The summed E-state index contributed by atoms with van der Waals surface area (Å²) in [7, 11) is 3.60. The number of fused-ring (bicyclic) bond motifs is 1. The van der Waals surface area contributed by atoms with Crippen LogP contribution in [0.4, 0.5) is 5.82 Å². The zero-order chi connectivity index (χ0) is 14.1. The summed E-state index contributed by atoms with van der Waals surface area (Å²) in [5.41, 5.74) is 3.29. The Labute approximate surface area is 117 Å². The molecule has 0 saturated carbocycles. The fourth-order valence-corrected chi connectivity index (χ4v) is 2.42. The molecule has 0 aliphatic heterocycles. The minimum absolute atomic E-state index is 0.532. The third-order valence-corrected chi connectivity index (χ3v) is 3.69. The first-order valence-corrected chi connectivity index (χ1v) is 6.68. The van der Waals surface area contributed by atoms with Crippen molar-refractivity contribution >= 4 is 28.6 Å². The molecule has 20 heavy (non-hydrogen) atoms. The second-order valence-corrected chi connectivity index (χ2v) is 4.95. The average Bonchev–Trinajstić information content (AvgIpc) is 3.03. The zero-order valence-electron chi connectivity index (χ0n) is 10.8. The Bertz CT molecular complexity index is 746. The van der Waals surface area contributed by atoms with Gasteiger partial charge in [-0.1, -0.05) is 11.8 Å². The number of nitrogens with zero attached hydrogens (tertiary/aromatic N) is 8. The van der Waals surface area contributed by atoms with E-state index >= 15 is 0 Å². The van der Waals surface area contributed by atoms with E-state index in [0.29, 0.717) is 22.6 Å². The Morgan fingerprint density at radius 3 is 2.85 bits per heavy atom. The summed E-state index contributed by atoms with van der Waals surface area (Å²) < 4.78 is 3.27. The van der Waals surface area contributed by atoms with Gasteiger partial charge >= 0.3 is 0 Å². The zero-order valence-corrected chi connectivity index (χ0v) is 11.7. The van der Waals surface area contributed by atoms with E-state index < -0.39 is 0 Å². The van der Waals surface area contributed by atoms with E-state index in [1.165, 1.54) is 11.8 Å². The lowest BCUT2D eigenvalue weighted by molar-refractivity contribution is 0.664. The van der Waals surface area contributed by atoms with Gasteiger partial charge in [-0.05, 0) is 10.4 Å². The summed E-state index contributed by atoms with van der Waals surface area (Å²) in [6, 6.07) is 0. The third-order valence-electron chi connectivity index (χ3n) is 2.69. The van der Waals surface area contributed by atoms with Crippen molar-refractivity contribution in [2.24, 2.45) is 19.9 Å². The molecule has 0 aliphatic rings. The number of nitrogen functional groups attached to an aromatic ring is 1. The molecular weight excluding hydrogens is 280 g/mol. The smallest absolute Gasteiger partial charge is 0.209 e. The maximum Gasteiger partial charge on any atom is 0.209 e. The highest BCUT2D eigenvalue weighted by atomic mass is 32.2. The number of aromatic nitrogens is 8. The van der Waals surface area contributed by atoms with Crippen LogP contribution in [0.5, 0.6) is 0 Å². The highest BCUT2D eigenvalue weighted by Crippen LogP contribution is 2.22. The van der Waals surface area contributed by atoms with Gasteiger partial charge in [0.15, 0.2) is 11.5 Å². The van der Waals surface area contributed by atoms with Crippen molar-refractivity contribution in [1.29, 1.82) is 0 Å². The molecule has 3 aromatic rings. The molecule has 0 amide bonds. The summed E-state index contributed by atoms with van der Waals surface area (Å²) >= 11 is 1.45. The lowest BCUT2D eigenvalue weighted by Gasteiger charge is -2.05. The lowest BCUT2D eigenvalue weighted by atomic mass is 10.4. The summed E-state index contributed by atoms with van der Waals surface area (Å²) in [5.74, 6) is 7.20. The number of hydrogen-bond donors (Lipinski definition) is 2. The largest absolute Gasteiger partial charge is 0.308 e. The summed E-state index contributed by atoms with van der Waals surface area (Å²) in [6.45, 7) is 0. The number of tetrazole rings is 1. The second-order valence-electron chi connectivity index (χ2n) is 4.01. The van der Waals surface area contributed by atoms with Gasteiger partial charge in [-0.3, -0.25) is 4.68 Å². The minimum atomic E-state index is 0.532. The molecule has 3 aromatic heterocycles. The minimum Gasteiger partial charge on any atom is -0.308 e. The fourth-order valence-electron chi connectivity index (χ4n) is 1.71. The molecule has 0 saturated heterocycles. The SMILES string of the molecule is Cn1nnnc1SCc1nc(NN)c2cnn(C)c2n1. The molecule has 0 spiro atoms. The number of anilines is 1. The Hall–Kier alpha value is -2.27. The van der Waals surface area contributed by atoms with E-state index in [0.717, 1.165) is 11.0 Å². The highest BCUT2D eigenvalue weighted by molar-refractivity contribution is 7.98.